The monoisotopic (exact) mass is 254 g/mol. The van der Waals surface area contributed by atoms with Gasteiger partial charge in [-0.3, -0.25) is 0 Å². The van der Waals surface area contributed by atoms with Crippen molar-refractivity contribution in [3.63, 3.8) is 0 Å². The first kappa shape index (κ1) is 10.8. The Labute approximate surface area is 92.8 Å². The number of phenolic OH excluding ortho intramolecular Hbond substituents is 1. The van der Waals surface area contributed by atoms with Crippen LogP contribution < -0.4 is 0 Å². The topological polar surface area (TPSA) is 38.0 Å². The summed E-state index contributed by atoms with van der Waals surface area (Å²) in [5, 5.41) is 9.06. The van der Waals surface area contributed by atoms with Gasteiger partial charge in [-0.05, 0) is 17.7 Å². The lowest BCUT2D eigenvalue weighted by Gasteiger charge is -2.01. The molecular weight excluding hydrogens is 244 g/mol. The van der Waals surface area contributed by atoms with Crippen molar-refractivity contribution >= 4 is 17.0 Å². The van der Waals surface area contributed by atoms with Crippen molar-refractivity contribution in [2.75, 3.05) is 0 Å². The van der Waals surface area contributed by atoms with Gasteiger partial charge in [-0.25, -0.2) is 4.98 Å². The van der Waals surface area contributed by atoms with Crippen LogP contribution in [-0.2, 0) is 6.54 Å². The molecule has 0 bridgehead atoms. The highest BCUT2D eigenvalue weighted by atomic mass is 79.9. The molecule has 0 aliphatic rings. The van der Waals surface area contributed by atoms with Gasteiger partial charge in [0, 0.05) is 18.9 Å². The molecule has 1 aromatic heterocycles. The maximum absolute atomic E-state index is 9.06. The van der Waals surface area contributed by atoms with Gasteiger partial charge < -0.3 is 9.67 Å². The lowest BCUT2D eigenvalue weighted by Crippen LogP contribution is -1.95. The molecule has 0 saturated heterocycles. The first-order chi connectivity index (χ1) is 6.34. The number of aromatic hydroxyl groups is 1. The van der Waals surface area contributed by atoms with Crippen LogP contribution in [0.15, 0.2) is 43.0 Å². The van der Waals surface area contributed by atoms with Crippen LogP contribution in [-0.4, -0.2) is 14.7 Å². The predicted molar refractivity (Wildman–Crippen MR) is 59.8 cm³/mol. The molecule has 4 heteroatoms. The third kappa shape index (κ3) is 2.60. The van der Waals surface area contributed by atoms with Crippen molar-refractivity contribution in [1.29, 1.82) is 0 Å². The fourth-order valence-corrected chi connectivity index (χ4v) is 1.19. The largest absolute Gasteiger partial charge is 0.508 e. The molecule has 0 unspecified atom stereocenters. The third-order valence-corrected chi connectivity index (χ3v) is 1.86. The van der Waals surface area contributed by atoms with E-state index in [-0.39, 0.29) is 17.0 Å². The number of halogens is 1. The highest BCUT2D eigenvalue weighted by molar-refractivity contribution is 8.93. The van der Waals surface area contributed by atoms with Crippen molar-refractivity contribution in [1.82, 2.24) is 9.55 Å². The highest BCUT2D eigenvalue weighted by Gasteiger charge is 1.93. The van der Waals surface area contributed by atoms with Crippen LogP contribution in [0.5, 0.6) is 5.75 Å². The van der Waals surface area contributed by atoms with Crippen LogP contribution in [0.4, 0.5) is 0 Å². The molecule has 0 fully saturated rings. The summed E-state index contributed by atoms with van der Waals surface area (Å²) in [4.78, 5) is 3.95. The molecule has 0 spiro atoms. The molecular formula is C10H11BrN2O. The second kappa shape index (κ2) is 4.81. The van der Waals surface area contributed by atoms with E-state index < -0.39 is 0 Å². The molecule has 0 aliphatic carbocycles. The summed E-state index contributed by atoms with van der Waals surface area (Å²) in [6.07, 6.45) is 5.43. The SMILES string of the molecule is Br.Oc1ccc(Cn2ccnc2)cc1. The van der Waals surface area contributed by atoms with E-state index >= 15 is 0 Å². The van der Waals surface area contributed by atoms with E-state index in [0.717, 1.165) is 12.1 Å². The van der Waals surface area contributed by atoms with Gasteiger partial charge in [-0.1, -0.05) is 12.1 Å². The molecule has 1 N–H and O–H groups in total. The van der Waals surface area contributed by atoms with Crippen LogP contribution in [0.25, 0.3) is 0 Å². The second-order valence-corrected chi connectivity index (χ2v) is 2.90. The van der Waals surface area contributed by atoms with Crippen LogP contribution in [0.1, 0.15) is 5.56 Å². The van der Waals surface area contributed by atoms with Crippen molar-refractivity contribution in [3.05, 3.63) is 48.5 Å². The Bertz CT molecular complexity index is 370. The van der Waals surface area contributed by atoms with E-state index in [1.165, 1.54) is 0 Å². The molecule has 2 rings (SSSR count). The summed E-state index contributed by atoms with van der Waals surface area (Å²) >= 11 is 0. The summed E-state index contributed by atoms with van der Waals surface area (Å²) in [5.74, 6) is 0.300. The van der Waals surface area contributed by atoms with Gasteiger partial charge in [-0.2, -0.15) is 0 Å². The molecule has 1 aromatic carbocycles. The van der Waals surface area contributed by atoms with Crippen LogP contribution >= 0.6 is 17.0 Å². The maximum Gasteiger partial charge on any atom is 0.115 e. The molecule has 0 atom stereocenters. The molecule has 14 heavy (non-hydrogen) atoms. The van der Waals surface area contributed by atoms with Crippen LogP contribution in [0.2, 0.25) is 0 Å². The normalized spacial score (nSPS) is 9.43. The molecule has 1 heterocycles. The zero-order valence-corrected chi connectivity index (χ0v) is 9.21. The van der Waals surface area contributed by atoms with Gasteiger partial charge in [-0.15, -0.1) is 17.0 Å². The quantitative estimate of drug-likeness (QED) is 0.893. The van der Waals surface area contributed by atoms with Crippen LogP contribution in [0, 0.1) is 0 Å². The average molecular weight is 255 g/mol. The standard InChI is InChI=1S/C10H10N2O.BrH/c13-10-3-1-9(2-4-10)7-12-6-5-11-8-12;/h1-6,8,13H,7H2;1H. The summed E-state index contributed by atoms with van der Waals surface area (Å²) in [6, 6.07) is 7.17. The molecule has 0 amide bonds. The number of nitrogens with zero attached hydrogens (tertiary/aromatic N) is 2. The van der Waals surface area contributed by atoms with Gasteiger partial charge in [0.05, 0.1) is 6.33 Å². The predicted octanol–water partition coefficient (Wildman–Crippen LogP) is 2.21. The van der Waals surface area contributed by atoms with Crippen LogP contribution in [0.3, 0.4) is 0 Å². The Morgan fingerprint density at radius 3 is 2.50 bits per heavy atom. The minimum absolute atomic E-state index is 0. The van der Waals surface area contributed by atoms with E-state index in [1.807, 2.05) is 22.9 Å². The minimum atomic E-state index is 0. The fourth-order valence-electron chi connectivity index (χ4n) is 1.19. The Balaban J connectivity index is 0.000000980. The summed E-state index contributed by atoms with van der Waals surface area (Å²) in [7, 11) is 0. The van der Waals surface area contributed by atoms with Gasteiger partial charge in [0.2, 0.25) is 0 Å². The maximum atomic E-state index is 9.06. The molecule has 0 saturated carbocycles. The molecule has 2 aromatic rings. The lowest BCUT2D eigenvalue weighted by molar-refractivity contribution is 0.475. The molecule has 3 nitrogen and oxygen atoms in total. The van der Waals surface area contributed by atoms with Crippen molar-refractivity contribution in [2.24, 2.45) is 0 Å². The Hall–Kier alpha value is -1.29. The van der Waals surface area contributed by atoms with E-state index in [9.17, 15) is 0 Å². The summed E-state index contributed by atoms with van der Waals surface area (Å²) in [6.45, 7) is 0.792. The van der Waals surface area contributed by atoms with Crippen molar-refractivity contribution in [3.8, 4) is 5.75 Å². The Kier molecular flexibility index (Phi) is 3.71. The third-order valence-electron chi connectivity index (χ3n) is 1.86. The van der Waals surface area contributed by atoms with Gasteiger partial charge in [0.25, 0.3) is 0 Å². The number of rotatable bonds is 2. The number of aromatic nitrogens is 2. The van der Waals surface area contributed by atoms with E-state index in [0.29, 0.717) is 5.75 Å². The Morgan fingerprint density at radius 2 is 1.93 bits per heavy atom. The number of benzene rings is 1. The van der Waals surface area contributed by atoms with E-state index in [4.69, 9.17) is 5.11 Å². The number of imidazole rings is 1. The summed E-state index contributed by atoms with van der Waals surface area (Å²) in [5.41, 5.74) is 1.15. The average Bonchev–Trinajstić information content (AvgIpc) is 2.62. The lowest BCUT2D eigenvalue weighted by atomic mass is 10.2. The molecule has 74 valence electrons. The smallest absolute Gasteiger partial charge is 0.115 e. The number of phenols is 1. The molecule has 0 aliphatic heterocycles. The zero-order chi connectivity index (χ0) is 9.10. The summed E-state index contributed by atoms with van der Waals surface area (Å²) < 4.78 is 1.98. The number of hydrogen-bond acceptors (Lipinski definition) is 2. The minimum Gasteiger partial charge on any atom is -0.508 e. The number of hydrogen-bond donors (Lipinski definition) is 1. The van der Waals surface area contributed by atoms with Gasteiger partial charge >= 0.3 is 0 Å². The van der Waals surface area contributed by atoms with Gasteiger partial charge in [0.1, 0.15) is 5.75 Å². The molecule has 0 radical (unpaired) electrons. The van der Waals surface area contributed by atoms with Crippen molar-refractivity contribution < 1.29 is 5.11 Å². The first-order valence-corrected chi connectivity index (χ1v) is 4.08. The highest BCUT2D eigenvalue weighted by Crippen LogP contribution is 2.10. The Morgan fingerprint density at radius 1 is 1.21 bits per heavy atom. The zero-order valence-electron chi connectivity index (χ0n) is 7.50. The van der Waals surface area contributed by atoms with Crippen molar-refractivity contribution in [2.45, 2.75) is 6.54 Å². The first-order valence-electron chi connectivity index (χ1n) is 4.08. The van der Waals surface area contributed by atoms with E-state index in [1.54, 1.807) is 24.7 Å². The van der Waals surface area contributed by atoms with Gasteiger partial charge in [0.15, 0.2) is 0 Å². The second-order valence-electron chi connectivity index (χ2n) is 2.90. The fraction of sp³-hybridized carbons (Fsp3) is 0.100. The van der Waals surface area contributed by atoms with E-state index in [2.05, 4.69) is 4.98 Å².